The molecule has 0 aromatic carbocycles. The number of carbonyl (C=O) groups excluding carboxylic acids is 2. The monoisotopic (exact) mass is 746 g/mol. The lowest BCUT2D eigenvalue weighted by Crippen LogP contribution is -2.15. The Labute approximate surface area is 321 Å². The molecule has 4 atom stereocenters. The first-order chi connectivity index (χ1) is 26.9. The molecule has 16 nitrogen and oxygen atoms in total. The van der Waals surface area contributed by atoms with Crippen LogP contribution in [0.1, 0.15) is 36.8 Å². The van der Waals surface area contributed by atoms with Crippen molar-refractivity contribution < 1.29 is 9.59 Å². The second kappa shape index (κ2) is 15.1. The van der Waals surface area contributed by atoms with E-state index < -0.39 is 0 Å². The predicted octanol–water partition coefficient (Wildman–Crippen LogP) is 5.31. The maximum Gasteiger partial charge on any atom is 0.228 e. The van der Waals surface area contributed by atoms with Gasteiger partial charge in [0, 0.05) is 71.4 Å². The molecule has 280 valence electrons. The van der Waals surface area contributed by atoms with E-state index in [-0.39, 0.29) is 35.5 Å². The maximum absolute atomic E-state index is 12.3. The molecule has 2 aliphatic carbocycles. The number of hydrogen-bond acceptors (Lipinski definition) is 14. The van der Waals surface area contributed by atoms with Gasteiger partial charge in [-0.2, -0.15) is 10.5 Å². The van der Waals surface area contributed by atoms with Gasteiger partial charge in [0.2, 0.25) is 11.8 Å². The minimum atomic E-state index is -0.115. The van der Waals surface area contributed by atoms with Crippen molar-refractivity contribution in [2.24, 2.45) is 23.7 Å². The fourth-order valence-electron chi connectivity index (χ4n) is 6.62. The zero-order valence-corrected chi connectivity index (χ0v) is 30.6. The molecule has 6 heterocycles. The molecule has 0 bridgehead atoms. The van der Waals surface area contributed by atoms with Crippen LogP contribution in [0.5, 0.6) is 0 Å². The number of nitriles is 2. The van der Waals surface area contributed by atoms with Crippen LogP contribution in [-0.4, -0.2) is 41.7 Å². The fraction of sp³-hybridized carbons (Fsp3) is 0.250. The van der Waals surface area contributed by atoms with Crippen molar-refractivity contribution in [3.63, 3.8) is 0 Å². The van der Waals surface area contributed by atoms with Crippen molar-refractivity contribution in [3.8, 4) is 34.7 Å². The van der Waals surface area contributed by atoms with Crippen LogP contribution in [-0.2, 0) is 9.59 Å². The topological polar surface area (TPSA) is 287 Å². The van der Waals surface area contributed by atoms with Crippen molar-refractivity contribution in [2.45, 2.75) is 39.5 Å². The summed E-state index contributed by atoms with van der Waals surface area (Å²) in [5.74, 6) is 1.43. The van der Waals surface area contributed by atoms with E-state index >= 15 is 0 Å². The van der Waals surface area contributed by atoms with E-state index in [1.807, 2.05) is 26.0 Å². The largest absolute Gasteiger partial charge is 0.397 e. The van der Waals surface area contributed by atoms with E-state index in [4.69, 9.17) is 33.5 Å². The van der Waals surface area contributed by atoms with E-state index in [0.717, 1.165) is 45.9 Å². The molecular formula is C40H38N14O2. The van der Waals surface area contributed by atoms with E-state index in [1.165, 1.54) is 0 Å². The van der Waals surface area contributed by atoms with Gasteiger partial charge in [0.25, 0.3) is 0 Å². The van der Waals surface area contributed by atoms with E-state index in [2.05, 4.69) is 52.7 Å². The second-order valence-corrected chi connectivity index (χ2v) is 14.1. The van der Waals surface area contributed by atoms with Gasteiger partial charge in [0.05, 0.1) is 47.3 Å². The molecule has 0 saturated heterocycles. The number of nitrogen functional groups attached to an aromatic ring is 4. The van der Waals surface area contributed by atoms with Gasteiger partial charge in [0.1, 0.15) is 23.3 Å². The second-order valence-electron chi connectivity index (χ2n) is 14.1. The van der Waals surface area contributed by atoms with Crippen LogP contribution in [0.4, 0.5) is 34.6 Å². The summed E-state index contributed by atoms with van der Waals surface area (Å²) in [6.07, 6.45) is 12.1. The Morgan fingerprint density at radius 3 is 1.46 bits per heavy atom. The highest BCUT2D eigenvalue weighted by molar-refractivity contribution is 6.00. The van der Waals surface area contributed by atoms with E-state index in [1.54, 1.807) is 49.3 Å². The highest BCUT2D eigenvalue weighted by Crippen LogP contribution is 2.42. The number of carbonyl (C=O) groups is 2. The predicted molar refractivity (Wildman–Crippen MR) is 214 cm³/mol. The number of nitrogens with two attached hydrogens (primary N) is 4. The van der Waals surface area contributed by atoms with Crippen LogP contribution in [0.2, 0.25) is 0 Å². The Balaban J connectivity index is 0.000000172. The van der Waals surface area contributed by atoms with Gasteiger partial charge < -0.3 is 33.6 Å². The van der Waals surface area contributed by atoms with Gasteiger partial charge >= 0.3 is 0 Å². The highest BCUT2D eigenvalue weighted by atomic mass is 16.2. The lowest BCUT2D eigenvalue weighted by Gasteiger charge is -2.11. The first kappa shape index (κ1) is 36.9. The van der Waals surface area contributed by atoms with Crippen molar-refractivity contribution in [1.29, 1.82) is 10.5 Å². The Bertz CT molecular complexity index is 2450. The number of aromatic nitrogens is 6. The molecule has 2 saturated carbocycles. The third-order valence-corrected chi connectivity index (χ3v) is 10.3. The Morgan fingerprint density at radius 1 is 0.661 bits per heavy atom. The van der Waals surface area contributed by atoms with E-state index in [9.17, 15) is 9.59 Å². The summed E-state index contributed by atoms with van der Waals surface area (Å²) in [4.78, 5) is 50.4. The maximum atomic E-state index is 12.3. The Kier molecular flexibility index (Phi) is 9.95. The molecule has 0 unspecified atom stereocenters. The Morgan fingerprint density at radius 2 is 1.07 bits per heavy atom. The van der Waals surface area contributed by atoms with Gasteiger partial charge in [-0.1, -0.05) is 0 Å². The zero-order valence-electron chi connectivity index (χ0n) is 30.6. The molecule has 6 aromatic heterocycles. The molecular weight excluding hydrogens is 709 g/mol. The van der Waals surface area contributed by atoms with E-state index in [0.29, 0.717) is 69.6 Å². The molecule has 10 N–H and O–H groups in total. The Hall–Kier alpha value is -7.46. The average molecular weight is 747 g/mol. The number of fused-ring (bicyclic) bond motifs is 2. The lowest BCUT2D eigenvalue weighted by atomic mass is 10.0. The minimum absolute atomic E-state index is 0.106. The smallest absolute Gasteiger partial charge is 0.228 e. The van der Waals surface area contributed by atoms with Gasteiger partial charge in [0.15, 0.2) is 0 Å². The molecule has 8 rings (SSSR count). The molecule has 6 aromatic rings. The van der Waals surface area contributed by atoms with Crippen LogP contribution in [0.3, 0.4) is 0 Å². The summed E-state index contributed by atoms with van der Waals surface area (Å²) in [5.41, 5.74) is 30.0. The van der Waals surface area contributed by atoms with Crippen LogP contribution in [0, 0.1) is 60.2 Å². The number of nitrogens with one attached hydrogen (secondary N) is 2. The molecule has 0 aliphatic heterocycles. The minimum Gasteiger partial charge on any atom is -0.397 e. The number of hydrogen-bond donors (Lipinski definition) is 6. The van der Waals surface area contributed by atoms with Crippen molar-refractivity contribution >= 4 is 68.0 Å². The fourth-order valence-corrected chi connectivity index (χ4v) is 6.62. The molecule has 0 radical (unpaired) electrons. The summed E-state index contributed by atoms with van der Waals surface area (Å²) in [6, 6.07) is 11.5. The normalized spacial score (nSPS) is 17.9. The van der Waals surface area contributed by atoms with Crippen molar-refractivity contribution in [3.05, 3.63) is 72.6 Å². The average Bonchev–Trinajstić information content (AvgIpc) is 4.11. The summed E-state index contributed by atoms with van der Waals surface area (Å²) in [7, 11) is 0. The number of amides is 2. The van der Waals surface area contributed by atoms with Gasteiger partial charge in [-0.3, -0.25) is 19.6 Å². The first-order valence-electron chi connectivity index (χ1n) is 17.8. The molecule has 2 aliphatic rings. The number of nitrogens with zero attached hydrogens (tertiary/aromatic N) is 8. The summed E-state index contributed by atoms with van der Waals surface area (Å²) >= 11 is 0. The van der Waals surface area contributed by atoms with Gasteiger partial charge in [-0.15, -0.1) is 0 Å². The number of pyridine rings is 6. The van der Waals surface area contributed by atoms with Gasteiger partial charge in [-0.25, -0.2) is 19.9 Å². The third kappa shape index (κ3) is 7.62. The third-order valence-electron chi connectivity index (χ3n) is 10.3. The summed E-state index contributed by atoms with van der Waals surface area (Å²) in [5, 5.41) is 26.2. The van der Waals surface area contributed by atoms with Crippen molar-refractivity contribution in [1.82, 2.24) is 29.9 Å². The summed E-state index contributed by atoms with van der Waals surface area (Å²) in [6.45, 7) is 3.81. The van der Waals surface area contributed by atoms with Crippen LogP contribution in [0.15, 0.2) is 61.4 Å². The SMILES string of the molecule is Cc1c(N)cncc1-c1cc2cc(NC(=O)[C@@H]3C[C@H]3CC#N)ncc2c(N)n1.Cc1c(N)cncc1-c1cc2cc(NC(=O)[C@H]3C[C@@H]3CC#N)ncc2c(N)n1. The molecule has 0 spiro atoms. The summed E-state index contributed by atoms with van der Waals surface area (Å²) < 4.78 is 0. The van der Waals surface area contributed by atoms with Gasteiger partial charge in [-0.05, 0) is 84.7 Å². The van der Waals surface area contributed by atoms with Crippen LogP contribution >= 0.6 is 0 Å². The zero-order chi connectivity index (χ0) is 39.7. The highest BCUT2D eigenvalue weighted by Gasteiger charge is 2.43. The molecule has 2 amide bonds. The molecule has 56 heavy (non-hydrogen) atoms. The number of rotatable bonds is 8. The van der Waals surface area contributed by atoms with Crippen molar-refractivity contribution in [2.75, 3.05) is 33.6 Å². The molecule has 2 fully saturated rings. The first-order valence-corrected chi connectivity index (χ1v) is 17.8. The van der Waals surface area contributed by atoms with Crippen LogP contribution < -0.4 is 33.6 Å². The quantitative estimate of drug-likeness (QED) is 0.115. The van der Waals surface area contributed by atoms with Crippen LogP contribution in [0.25, 0.3) is 44.1 Å². The standard InChI is InChI=1S/2C20H19N7O/c2*1-10-14(7-24-9-16(10)22)17-5-12-6-18(25-8-15(12)19(23)26-17)27-20(28)13-4-11(13)2-3-21/h2*5-9,11,13H,2,4,22H2,1H3,(H2,23,26)(H,25,27,28)/t2*11-,13-/m10/s1. The number of anilines is 6. The lowest BCUT2D eigenvalue weighted by molar-refractivity contribution is -0.118. The molecule has 16 heteroatoms.